The molecular formula is C11H16Cl2N2O2S. The first-order valence-corrected chi connectivity index (χ1v) is 8.85. The Balaban J connectivity index is 2.50. The van der Waals surface area contributed by atoms with E-state index in [1.807, 2.05) is 6.92 Å². The van der Waals surface area contributed by atoms with Crippen molar-refractivity contribution in [2.75, 3.05) is 0 Å². The molecule has 0 aliphatic heterocycles. The molecule has 1 aromatic heterocycles. The van der Waals surface area contributed by atoms with Crippen LogP contribution in [0.3, 0.4) is 0 Å². The molecule has 0 aromatic carbocycles. The van der Waals surface area contributed by atoms with Gasteiger partial charge in [-0.15, -0.1) is 0 Å². The van der Waals surface area contributed by atoms with E-state index in [0.717, 1.165) is 32.1 Å². The molecular weight excluding hydrogens is 295 g/mol. The second kappa shape index (κ2) is 5.39. The number of hydrogen-bond acceptors (Lipinski definition) is 3. The maximum absolute atomic E-state index is 11.6. The molecule has 102 valence electrons. The van der Waals surface area contributed by atoms with E-state index in [2.05, 4.69) is 5.10 Å². The highest BCUT2D eigenvalue weighted by atomic mass is 35.7. The number of halogens is 2. The largest absolute Gasteiger partial charge is 0.266 e. The van der Waals surface area contributed by atoms with Gasteiger partial charge in [-0.3, -0.25) is 0 Å². The fourth-order valence-electron chi connectivity index (χ4n) is 2.47. The Hall–Kier alpha value is -0.260. The summed E-state index contributed by atoms with van der Waals surface area (Å²) in [6.45, 7) is 1.97. The van der Waals surface area contributed by atoms with Gasteiger partial charge in [-0.25, -0.2) is 13.1 Å². The summed E-state index contributed by atoms with van der Waals surface area (Å²) in [7, 11) is 1.62. The fraction of sp³-hybridized carbons (Fsp3) is 0.727. The zero-order valence-corrected chi connectivity index (χ0v) is 12.5. The van der Waals surface area contributed by atoms with Gasteiger partial charge in [0.15, 0.2) is 0 Å². The molecule has 1 heterocycles. The molecule has 0 radical (unpaired) electrons. The monoisotopic (exact) mass is 310 g/mol. The van der Waals surface area contributed by atoms with Gasteiger partial charge in [-0.1, -0.05) is 37.8 Å². The maximum atomic E-state index is 11.6. The van der Waals surface area contributed by atoms with Crippen molar-refractivity contribution in [1.82, 2.24) is 9.78 Å². The van der Waals surface area contributed by atoms with Crippen LogP contribution in [-0.2, 0) is 15.5 Å². The Morgan fingerprint density at radius 3 is 2.50 bits per heavy atom. The van der Waals surface area contributed by atoms with E-state index in [0.29, 0.717) is 12.1 Å². The number of nitrogens with zero attached hydrogens (tertiary/aromatic N) is 2. The van der Waals surface area contributed by atoms with Crippen molar-refractivity contribution in [3.63, 3.8) is 0 Å². The van der Waals surface area contributed by atoms with Crippen LogP contribution in [0.5, 0.6) is 0 Å². The molecule has 0 bridgehead atoms. The lowest BCUT2D eigenvalue weighted by Crippen LogP contribution is -2.07. The third-order valence-electron chi connectivity index (χ3n) is 3.28. The number of aromatic nitrogens is 2. The van der Waals surface area contributed by atoms with Crippen LogP contribution >= 0.6 is 22.3 Å². The van der Waals surface area contributed by atoms with Gasteiger partial charge in [0, 0.05) is 10.7 Å². The lowest BCUT2D eigenvalue weighted by Gasteiger charge is -2.10. The third-order valence-corrected chi connectivity index (χ3v) is 5.13. The smallest absolute Gasteiger partial charge is 0.249 e. The minimum atomic E-state index is -3.84. The van der Waals surface area contributed by atoms with Crippen LogP contribution < -0.4 is 0 Å². The Bertz CT molecular complexity index is 533. The van der Waals surface area contributed by atoms with Gasteiger partial charge in [0.25, 0.3) is 9.05 Å². The fourth-order valence-corrected chi connectivity index (χ4v) is 4.39. The van der Waals surface area contributed by atoms with Gasteiger partial charge in [-0.2, -0.15) is 5.10 Å². The van der Waals surface area contributed by atoms with Gasteiger partial charge in [0.2, 0.25) is 0 Å². The van der Waals surface area contributed by atoms with E-state index in [9.17, 15) is 8.42 Å². The molecule has 0 amide bonds. The van der Waals surface area contributed by atoms with E-state index >= 15 is 0 Å². The van der Waals surface area contributed by atoms with Crippen molar-refractivity contribution >= 4 is 31.3 Å². The van der Waals surface area contributed by atoms with Crippen molar-refractivity contribution in [1.29, 1.82) is 0 Å². The van der Waals surface area contributed by atoms with E-state index in [1.54, 1.807) is 4.68 Å². The maximum Gasteiger partial charge on any atom is 0.266 e. The van der Waals surface area contributed by atoms with Crippen LogP contribution in [0.15, 0.2) is 4.90 Å². The Labute approximate surface area is 117 Å². The number of hydrogen-bond donors (Lipinski definition) is 0. The van der Waals surface area contributed by atoms with Crippen LogP contribution in [0.4, 0.5) is 0 Å². The lowest BCUT2D eigenvalue weighted by molar-refractivity contribution is 0.463. The molecule has 4 nitrogen and oxygen atoms in total. The average molecular weight is 311 g/mol. The second-order valence-corrected chi connectivity index (χ2v) is 7.50. The lowest BCUT2D eigenvalue weighted by atomic mass is 10.2. The summed E-state index contributed by atoms with van der Waals surface area (Å²) in [4.78, 5) is -0.000386. The molecule has 0 N–H and O–H groups in total. The zero-order valence-electron chi connectivity index (χ0n) is 10.2. The van der Waals surface area contributed by atoms with Crippen LogP contribution in [0.2, 0.25) is 5.15 Å². The van der Waals surface area contributed by atoms with Crippen molar-refractivity contribution in [3.05, 3.63) is 10.8 Å². The van der Waals surface area contributed by atoms with Crippen molar-refractivity contribution < 1.29 is 8.42 Å². The molecule has 0 unspecified atom stereocenters. The molecule has 7 heteroatoms. The Morgan fingerprint density at radius 1 is 1.39 bits per heavy atom. The summed E-state index contributed by atoms with van der Waals surface area (Å²) in [6.07, 6.45) is 5.63. The van der Waals surface area contributed by atoms with Gasteiger partial charge < -0.3 is 0 Å². The van der Waals surface area contributed by atoms with Gasteiger partial charge in [0.1, 0.15) is 10.0 Å². The Morgan fingerprint density at radius 2 is 2.00 bits per heavy atom. The highest BCUT2D eigenvalue weighted by molar-refractivity contribution is 8.13. The molecule has 18 heavy (non-hydrogen) atoms. The van der Waals surface area contributed by atoms with E-state index in [-0.39, 0.29) is 16.1 Å². The molecule has 1 aliphatic rings. The predicted octanol–water partition coefficient (Wildman–Crippen LogP) is 3.53. The van der Waals surface area contributed by atoms with Crippen LogP contribution in [-0.4, -0.2) is 18.2 Å². The first-order chi connectivity index (χ1) is 8.45. The molecule has 1 aromatic rings. The minimum Gasteiger partial charge on any atom is -0.249 e. The van der Waals surface area contributed by atoms with Crippen LogP contribution in [0.25, 0.3) is 0 Å². The summed E-state index contributed by atoms with van der Waals surface area (Å²) in [5.41, 5.74) is 0.490. The highest BCUT2D eigenvalue weighted by Gasteiger charge is 2.29. The number of rotatable bonds is 4. The normalized spacial score (nSPS) is 17.5. The molecule has 2 rings (SSSR count). The molecule has 1 aliphatic carbocycles. The number of aryl methyl sites for hydroxylation is 1. The van der Waals surface area contributed by atoms with Crippen LogP contribution in [0.1, 0.15) is 50.8 Å². The minimum absolute atomic E-state index is 0.000386. The van der Waals surface area contributed by atoms with Gasteiger partial charge in [-0.05, 0) is 19.3 Å². The van der Waals surface area contributed by atoms with Crippen LogP contribution in [0, 0.1) is 0 Å². The summed E-state index contributed by atoms with van der Waals surface area (Å²) in [5, 5.41) is 4.54. The zero-order chi connectivity index (χ0) is 13.3. The topological polar surface area (TPSA) is 52.0 Å². The van der Waals surface area contributed by atoms with Gasteiger partial charge in [0.05, 0.1) is 11.7 Å². The first-order valence-electron chi connectivity index (χ1n) is 6.16. The summed E-state index contributed by atoms with van der Waals surface area (Å²) in [6, 6.07) is 0.209. The first kappa shape index (κ1) is 14.2. The molecule has 0 saturated heterocycles. The predicted molar refractivity (Wildman–Crippen MR) is 71.8 cm³/mol. The quantitative estimate of drug-likeness (QED) is 0.799. The summed E-state index contributed by atoms with van der Waals surface area (Å²) >= 11 is 6.17. The summed E-state index contributed by atoms with van der Waals surface area (Å²) < 4.78 is 24.9. The summed E-state index contributed by atoms with van der Waals surface area (Å²) in [5.74, 6) is 0. The highest BCUT2D eigenvalue weighted by Crippen LogP contribution is 2.36. The third kappa shape index (κ3) is 2.68. The van der Waals surface area contributed by atoms with E-state index < -0.39 is 9.05 Å². The van der Waals surface area contributed by atoms with Crippen molar-refractivity contribution in [3.8, 4) is 0 Å². The van der Waals surface area contributed by atoms with E-state index in [1.165, 1.54) is 0 Å². The Kier molecular flexibility index (Phi) is 4.24. The van der Waals surface area contributed by atoms with Crippen molar-refractivity contribution in [2.45, 2.75) is 56.4 Å². The molecule has 0 atom stereocenters. The second-order valence-electron chi connectivity index (χ2n) is 4.64. The molecule has 1 saturated carbocycles. The standard InChI is InChI=1S/C11H16Cl2N2O2S/c1-2-5-9-10(18(13,16)17)11(12)15(14-9)8-6-3-4-7-8/h8H,2-7H2,1H3. The average Bonchev–Trinajstić information content (AvgIpc) is 2.84. The molecule has 1 fully saturated rings. The SMILES string of the molecule is CCCc1nn(C2CCCC2)c(Cl)c1S(=O)(=O)Cl. The van der Waals surface area contributed by atoms with E-state index in [4.69, 9.17) is 22.3 Å². The van der Waals surface area contributed by atoms with Crippen molar-refractivity contribution in [2.24, 2.45) is 0 Å². The molecule has 0 spiro atoms. The van der Waals surface area contributed by atoms with Gasteiger partial charge >= 0.3 is 0 Å².